The molecule has 0 amide bonds. The van der Waals surface area contributed by atoms with Crippen molar-refractivity contribution in [3.8, 4) is 11.4 Å². The smallest absolute Gasteiger partial charge is 0.123 e. The molecule has 6 aromatic rings. The first-order valence-electron chi connectivity index (χ1n) is 11.6. The van der Waals surface area contributed by atoms with Crippen molar-refractivity contribution in [2.75, 3.05) is 0 Å². The van der Waals surface area contributed by atoms with Gasteiger partial charge in [-0.2, -0.15) is 0 Å². The van der Waals surface area contributed by atoms with Crippen molar-refractivity contribution in [3.05, 3.63) is 132 Å². The summed E-state index contributed by atoms with van der Waals surface area (Å²) < 4.78 is 18.9. The van der Waals surface area contributed by atoms with E-state index in [0.29, 0.717) is 0 Å². The fraction of sp³-hybridized carbons (Fsp3) is 0.0968. The van der Waals surface area contributed by atoms with Gasteiger partial charge >= 0.3 is 0 Å². The molecule has 0 spiro atoms. The van der Waals surface area contributed by atoms with Crippen LogP contribution in [0.5, 0.6) is 0 Å². The van der Waals surface area contributed by atoms with E-state index in [1.165, 1.54) is 10.9 Å². The van der Waals surface area contributed by atoms with Crippen LogP contribution >= 0.6 is 0 Å². The van der Waals surface area contributed by atoms with Crippen LogP contribution in [-0.4, -0.2) is 9.13 Å². The Morgan fingerprint density at radius 3 is 1.68 bits per heavy atom. The van der Waals surface area contributed by atoms with Gasteiger partial charge in [0.25, 0.3) is 0 Å². The molecule has 0 radical (unpaired) electrons. The average Bonchev–Trinajstić information content (AvgIpc) is 3.45. The van der Waals surface area contributed by atoms with Gasteiger partial charge in [0.15, 0.2) is 0 Å². The van der Waals surface area contributed by atoms with E-state index >= 15 is 0 Å². The Balaban J connectivity index is 1.62. The molecule has 166 valence electrons. The van der Waals surface area contributed by atoms with Gasteiger partial charge in [-0.15, -0.1) is 0 Å². The maximum atomic E-state index is 14.5. The van der Waals surface area contributed by atoms with E-state index in [1.54, 1.807) is 12.1 Å². The average molecular weight is 445 g/mol. The van der Waals surface area contributed by atoms with Gasteiger partial charge in [0.2, 0.25) is 0 Å². The molecule has 2 heterocycles. The van der Waals surface area contributed by atoms with Crippen LogP contribution in [0.2, 0.25) is 0 Å². The SMILES string of the molecule is CC(C)(c1cn(-c2ccccc2)c2ccccc12)c1cn(-c2ccccc2)c2ccc(F)cc12. The summed E-state index contributed by atoms with van der Waals surface area (Å²) in [5.74, 6) is -0.220. The lowest BCUT2D eigenvalue weighted by atomic mass is 9.78. The Labute approximate surface area is 198 Å². The fourth-order valence-electron chi connectivity index (χ4n) is 5.13. The van der Waals surface area contributed by atoms with E-state index in [2.05, 4.69) is 96.0 Å². The van der Waals surface area contributed by atoms with Crippen LogP contribution < -0.4 is 0 Å². The lowest BCUT2D eigenvalue weighted by molar-refractivity contribution is 0.627. The molecule has 0 aliphatic heterocycles. The minimum Gasteiger partial charge on any atom is -0.316 e. The third kappa shape index (κ3) is 3.16. The third-order valence-corrected chi connectivity index (χ3v) is 6.89. The van der Waals surface area contributed by atoms with Gasteiger partial charge in [-0.1, -0.05) is 68.4 Å². The van der Waals surface area contributed by atoms with E-state index in [9.17, 15) is 4.39 Å². The molecule has 2 aromatic heterocycles. The van der Waals surface area contributed by atoms with Crippen LogP contribution in [0.4, 0.5) is 4.39 Å². The van der Waals surface area contributed by atoms with Crippen LogP contribution in [0, 0.1) is 5.82 Å². The van der Waals surface area contributed by atoms with Gasteiger partial charge in [0.1, 0.15) is 5.82 Å². The number of hydrogen-bond acceptors (Lipinski definition) is 0. The second-order valence-corrected chi connectivity index (χ2v) is 9.30. The van der Waals surface area contributed by atoms with Crippen LogP contribution in [0.3, 0.4) is 0 Å². The highest BCUT2D eigenvalue weighted by Gasteiger charge is 2.31. The maximum absolute atomic E-state index is 14.5. The van der Waals surface area contributed by atoms with E-state index < -0.39 is 0 Å². The monoisotopic (exact) mass is 444 g/mol. The molecule has 0 bridgehead atoms. The molecule has 4 aromatic carbocycles. The molecule has 0 fully saturated rings. The Kier molecular flexibility index (Phi) is 4.66. The molecule has 0 N–H and O–H groups in total. The lowest BCUT2D eigenvalue weighted by Gasteiger charge is -2.24. The summed E-state index contributed by atoms with van der Waals surface area (Å²) in [6.45, 7) is 4.47. The molecule has 3 heteroatoms. The molecule has 34 heavy (non-hydrogen) atoms. The summed E-state index contributed by atoms with van der Waals surface area (Å²) in [5, 5.41) is 2.14. The zero-order valence-corrected chi connectivity index (χ0v) is 19.2. The third-order valence-electron chi connectivity index (χ3n) is 6.89. The van der Waals surface area contributed by atoms with Crippen LogP contribution in [0.25, 0.3) is 33.2 Å². The van der Waals surface area contributed by atoms with Gasteiger partial charge in [0, 0.05) is 40.0 Å². The van der Waals surface area contributed by atoms with Crippen molar-refractivity contribution in [3.63, 3.8) is 0 Å². The number of para-hydroxylation sites is 3. The Bertz CT molecular complexity index is 1620. The number of hydrogen-bond donors (Lipinski definition) is 0. The maximum Gasteiger partial charge on any atom is 0.123 e. The largest absolute Gasteiger partial charge is 0.316 e. The quantitative estimate of drug-likeness (QED) is 0.260. The topological polar surface area (TPSA) is 9.86 Å². The number of rotatable bonds is 4. The molecule has 0 saturated carbocycles. The van der Waals surface area contributed by atoms with E-state index in [1.807, 2.05) is 30.3 Å². The van der Waals surface area contributed by atoms with Crippen molar-refractivity contribution < 1.29 is 4.39 Å². The van der Waals surface area contributed by atoms with E-state index in [-0.39, 0.29) is 11.2 Å². The molecule has 2 nitrogen and oxygen atoms in total. The second-order valence-electron chi connectivity index (χ2n) is 9.30. The molecule has 0 unspecified atom stereocenters. The zero-order chi connectivity index (χ0) is 23.3. The number of benzene rings is 4. The summed E-state index contributed by atoms with van der Waals surface area (Å²) in [4.78, 5) is 0. The highest BCUT2D eigenvalue weighted by molar-refractivity contribution is 5.91. The van der Waals surface area contributed by atoms with Crippen molar-refractivity contribution in [2.45, 2.75) is 19.3 Å². The van der Waals surface area contributed by atoms with Gasteiger partial charge in [-0.05, 0) is 59.7 Å². The lowest BCUT2D eigenvalue weighted by Crippen LogP contribution is -2.18. The Hall–Kier alpha value is -4.11. The molecule has 0 aliphatic carbocycles. The fourth-order valence-corrected chi connectivity index (χ4v) is 5.13. The molecule has 0 aliphatic rings. The van der Waals surface area contributed by atoms with Crippen molar-refractivity contribution in [1.82, 2.24) is 9.13 Å². The van der Waals surface area contributed by atoms with E-state index in [0.717, 1.165) is 33.4 Å². The first-order valence-corrected chi connectivity index (χ1v) is 11.6. The van der Waals surface area contributed by atoms with Gasteiger partial charge in [-0.3, -0.25) is 0 Å². The number of nitrogens with zero attached hydrogens (tertiary/aromatic N) is 2. The van der Waals surface area contributed by atoms with Crippen molar-refractivity contribution in [1.29, 1.82) is 0 Å². The minimum absolute atomic E-state index is 0.220. The highest BCUT2D eigenvalue weighted by Crippen LogP contribution is 2.42. The number of aromatic nitrogens is 2. The first-order chi connectivity index (χ1) is 16.5. The van der Waals surface area contributed by atoms with Crippen molar-refractivity contribution >= 4 is 21.8 Å². The first kappa shape index (κ1) is 20.5. The van der Waals surface area contributed by atoms with Crippen LogP contribution in [0.15, 0.2) is 116 Å². The van der Waals surface area contributed by atoms with Crippen LogP contribution in [0.1, 0.15) is 25.0 Å². The van der Waals surface area contributed by atoms with Gasteiger partial charge in [0.05, 0.1) is 11.0 Å². The standard InChI is InChI=1S/C31H25FN2/c1-31(2,27-20-33(23-11-5-3-6-12-23)29-16-10-9-15-25(27)29)28-21-34(24-13-7-4-8-14-24)30-18-17-22(32)19-26(28)30/h3-21H,1-2H3. The number of fused-ring (bicyclic) bond motifs is 2. The molecular formula is C31H25FN2. The Morgan fingerprint density at radius 2 is 1.06 bits per heavy atom. The molecule has 0 atom stereocenters. The van der Waals surface area contributed by atoms with E-state index in [4.69, 9.17) is 0 Å². The summed E-state index contributed by atoms with van der Waals surface area (Å²) in [6, 6.07) is 34.2. The zero-order valence-electron chi connectivity index (χ0n) is 19.2. The van der Waals surface area contributed by atoms with Crippen LogP contribution in [-0.2, 0) is 5.41 Å². The summed E-state index contributed by atoms with van der Waals surface area (Å²) in [5.41, 5.74) is 6.29. The normalized spacial score (nSPS) is 12.0. The summed E-state index contributed by atoms with van der Waals surface area (Å²) in [7, 11) is 0. The number of halogens is 1. The predicted molar refractivity (Wildman–Crippen MR) is 139 cm³/mol. The highest BCUT2D eigenvalue weighted by atomic mass is 19.1. The van der Waals surface area contributed by atoms with Gasteiger partial charge < -0.3 is 9.13 Å². The van der Waals surface area contributed by atoms with Gasteiger partial charge in [-0.25, -0.2) is 4.39 Å². The molecule has 0 saturated heterocycles. The molecular weight excluding hydrogens is 419 g/mol. The summed E-state index contributed by atoms with van der Waals surface area (Å²) >= 11 is 0. The summed E-state index contributed by atoms with van der Waals surface area (Å²) in [6.07, 6.45) is 4.42. The van der Waals surface area contributed by atoms with Crippen molar-refractivity contribution in [2.24, 2.45) is 0 Å². The minimum atomic E-state index is -0.369. The second kappa shape index (κ2) is 7.74. The predicted octanol–water partition coefficient (Wildman–Crippen LogP) is 8.04. The molecule has 6 rings (SSSR count). The Morgan fingerprint density at radius 1 is 0.559 bits per heavy atom.